The molecular weight excluding hydrogens is 1730 g/mol. The summed E-state index contributed by atoms with van der Waals surface area (Å²) in [5.41, 5.74) is 34.6. The van der Waals surface area contributed by atoms with Crippen LogP contribution in [0, 0.1) is 0 Å². The van der Waals surface area contributed by atoms with Gasteiger partial charge in [0.1, 0.15) is 6.33 Å². The number of fused-ring (bicyclic) bond motifs is 10. The minimum atomic E-state index is 0.659. The van der Waals surface area contributed by atoms with Crippen molar-refractivity contribution < 1.29 is 0 Å². The Balaban J connectivity index is 0.000000113. The van der Waals surface area contributed by atoms with Gasteiger partial charge in [-0.05, 0) is 256 Å². The average molecular weight is 1810 g/mol. The van der Waals surface area contributed by atoms with Crippen LogP contribution >= 0.6 is 0 Å². The van der Waals surface area contributed by atoms with Gasteiger partial charge in [0, 0.05) is 87.7 Å². The lowest BCUT2D eigenvalue weighted by Gasteiger charge is -2.19. The van der Waals surface area contributed by atoms with E-state index in [1.54, 1.807) is 24.9 Å². The second-order valence-corrected chi connectivity index (χ2v) is 35.4. The highest BCUT2D eigenvalue weighted by Crippen LogP contribution is 2.55. The van der Waals surface area contributed by atoms with E-state index in [0.717, 1.165) is 123 Å². The Bertz CT molecular complexity index is 9030. The summed E-state index contributed by atoms with van der Waals surface area (Å²) in [6, 6.07) is 160. The molecule has 0 amide bonds. The Kier molecular flexibility index (Phi) is 22.1. The molecule has 18 aromatic carbocycles. The predicted octanol–water partition coefficient (Wildman–Crippen LogP) is 33.1. The van der Waals surface area contributed by atoms with Gasteiger partial charge < -0.3 is 0 Å². The Morgan fingerprint density at radius 2 is 0.479 bits per heavy atom. The first kappa shape index (κ1) is 84.5. The molecule has 0 bridgehead atoms. The molecule has 0 aliphatic heterocycles. The highest BCUT2D eigenvalue weighted by atomic mass is 15.0. The number of hydrogen-bond donors (Lipinski definition) is 0. The normalized spacial score (nSPS) is 11.4. The SMILES string of the molecule is c1ccc(-c2c3ccccc3c(-c3ccc(-c4c(-c5ccccc5)c5ncncc5c5ccccc45)cc3)c3ccccc23)cc1.c1ccc(-c2ccc(-c3cc(-c4cccnc4)cc(-c4ccc(-c5cccc(-c6ccccn6)n5)nc4)c3)cn2)nc1.c1ccc(-c2nc(-c3ccccc3)nc(-c3ccc4c5c(cccc35)-c3cc5c(-c6ccccc6)c6ccccc6c(-c6ccccc6)c5cc3-4)n2)cc1. The van der Waals surface area contributed by atoms with E-state index in [1.807, 2.05) is 134 Å². The maximum atomic E-state index is 5.12. The molecule has 8 heterocycles. The fraction of sp³-hybridized carbons (Fsp3) is 0. The third-order valence-corrected chi connectivity index (χ3v) is 27.0. The summed E-state index contributed by atoms with van der Waals surface area (Å²) in [5, 5.41) is 15.8. The molecule has 1 aliphatic carbocycles. The Morgan fingerprint density at radius 3 is 0.923 bits per heavy atom. The molecule has 0 fully saturated rings. The highest BCUT2D eigenvalue weighted by molar-refractivity contribution is 6.28. The molecule has 0 unspecified atom stereocenters. The average Bonchev–Trinajstić information content (AvgIpc) is 1.52. The van der Waals surface area contributed by atoms with Gasteiger partial charge in [-0.2, -0.15) is 0 Å². The van der Waals surface area contributed by atoms with Crippen LogP contribution in [0.25, 0.3) is 266 Å². The second-order valence-electron chi connectivity index (χ2n) is 35.4. The Labute approximate surface area is 820 Å². The quantitative estimate of drug-likeness (QED) is 0.0715. The van der Waals surface area contributed by atoms with E-state index in [-0.39, 0.29) is 0 Å². The van der Waals surface area contributed by atoms with Crippen molar-refractivity contribution >= 4 is 75.5 Å². The van der Waals surface area contributed by atoms with Gasteiger partial charge in [0.25, 0.3) is 0 Å². The molecule has 27 rings (SSSR count). The van der Waals surface area contributed by atoms with Gasteiger partial charge in [-0.3, -0.25) is 24.9 Å². The number of nitrogens with zero attached hydrogens (tertiary/aromatic N) is 11. The zero-order valence-electron chi connectivity index (χ0n) is 76.8. The number of hydrogen-bond acceptors (Lipinski definition) is 11. The maximum Gasteiger partial charge on any atom is 0.164 e. The van der Waals surface area contributed by atoms with Crippen molar-refractivity contribution in [1.29, 1.82) is 0 Å². The summed E-state index contributed by atoms with van der Waals surface area (Å²) >= 11 is 0. The summed E-state index contributed by atoms with van der Waals surface area (Å²) in [4.78, 5) is 52.0. The van der Waals surface area contributed by atoms with Crippen molar-refractivity contribution in [3.8, 4) is 191 Å². The largest absolute Gasteiger partial charge is 0.264 e. The molecule has 0 radical (unpaired) electrons. The molecule has 11 heteroatoms. The lowest BCUT2D eigenvalue weighted by atomic mass is 9.84. The molecule has 0 saturated heterocycles. The highest BCUT2D eigenvalue weighted by Gasteiger charge is 2.29. The Hall–Kier alpha value is -19.2. The van der Waals surface area contributed by atoms with Crippen LogP contribution in [0.3, 0.4) is 0 Å². The number of aromatic nitrogens is 11. The molecule has 0 N–H and O–H groups in total. The summed E-state index contributed by atoms with van der Waals surface area (Å²) < 4.78 is 0. The molecule has 0 saturated carbocycles. The Morgan fingerprint density at radius 1 is 0.141 bits per heavy atom. The lowest BCUT2D eigenvalue weighted by Crippen LogP contribution is -2.00. The van der Waals surface area contributed by atoms with Crippen LogP contribution in [0.1, 0.15) is 0 Å². The van der Waals surface area contributed by atoms with E-state index in [4.69, 9.17) is 34.9 Å². The minimum Gasteiger partial charge on any atom is -0.264 e. The van der Waals surface area contributed by atoms with Crippen molar-refractivity contribution in [3.05, 3.63) is 505 Å². The molecule has 1 aliphatic rings. The zero-order valence-corrected chi connectivity index (χ0v) is 76.8. The lowest BCUT2D eigenvalue weighted by molar-refractivity contribution is 1.08. The van der Waals surface area contributed by atoms with Gasteiger partial charge in [0.2, 0.25) is 0 Å². The van der Waals surface area contributed by atoms with Crippen molar-refractivity contribution in [2.45, 2.75) is 0 Å². The van der Waals surface area contributed by atoms with Crippen molar-refractivity contribution in [2.24, 2.45) is 0 Å². The van der Waals surface area contributed by atoms with E-state index >= 15 is 0 Å². The number of benzene rings is 18. The first-order valence-electron chi connectivity index (χ1n) is 47.6. The van der Waals surface area contributed by atoms with Crippen LogP contribution in [-0.4, -0.2) is 54.8 Å². The van der Waals surface area contributed by atoms with Crippen LogP contribution in [0.2, 0.25) is 0 Å². The zero-order chi connectivity index (χ0) is 94.2. The maximum absolute atomic E-state index is 5.12. The monoisotopic (exact) mass is 1810 g/mol. The topological polar surface area (TPSA) is 142 Å². The van der Waals surface area contributed by atoms with E-state index in [0.29, 0.717) is 17.5 Å². The first-order valence-corrected chi connectivity index (χ1v) is 47.6. The standard InChI is InChI=1S/C51H31N3.C44H28N2.C36H24N6/c1-5-16-32(17-6-1)46-36-24-13-14-25-37(36)47(33-18-7-2-8-19-33)45-31-43-40-28-29-41(38-26-15-27-39(48(38)40)42(43)30-44(45)46)51-53-49(34-20-9-3-10-21-34)52-50(54-51)35-22-11-4-12-23-35;1-3-13-29(14-4-1)40-35-19-9-11-21-37(35)41(38-22-12-10-20-36(38)40)31-23-25-32(26-24-31)42-34-18-8-7-17-33(34)39-27-45-28-46-44(39)43(42)30-15-5-2-6-16-30;1-3-17-38-31(8-1)33-14-12-26(23-40-33)29-19-28(25-7-6-16-37-22-25)20-30(21-29)27-13-15-34(41-24-27)36-11-5-10-35(42-36)32-9-2-4-18-39-32/h1-31H;1-28H;1-24H. The second kappa shape index (κ2) is 37.1. The van der Waals surface area contributed by atoms with E-state index in [2.05, 4.69) is 366 Å². The molecule has 11 nitrogen and oxygen atoms in total. The fourth-order valence-corrected chi connectivity index (χ4v) is 20.6. The molecular formula is C131H83N11. The van der Waals surface area contributed by atoms with Gasteiger partial charge in [-0.1, -0.05) is 364 Å². The third-order valence-electron chi connectivity index (χ3n) is 27.0. The smallest absolute Gasteiger partial charge is 0.164 e. The number of rotatable bonds is 15. The molecule has 8 aromatic heterocycles. The van der Waals surface area contributed by atoms with Crippen LogP contribution in [0.15, 0.2) is 505 Å². The molecule has 26 aromatic rings. The van der Waals surface area contributed by atoms with Gasteiger partial charge in [0.05, 0.1) is 39.7 Å². The summed E-state index contributed by atoms with van der Waals surface area (Å²) in [5.74, 6) is 1.98. The third kappa shape index (κ3) is 15.8. The van der Waals surface area contributed by atoms with Crippen molar-refractivity contribution in [2.75, 3.05) is 0 Å². The molecule has 0 spiro atoms. The summed E-state index contributed by atoms with van der Waals surface area (Å²) in [6.07, 6.45) is 14.6. The van der Waals surface area contributed by atoms with Gasteiger partial charge in [-0.25, -0.2) is 29.9 Å². The van der Waals surface area contributed by atoms with Crippen LogP contribution < -0.4 is 0 Å². The molecule has 0 atom stereocenters. The molecule has 662 valence electrons. The van der Waals surface area contributed by atoms with Crippen LogP contribution in [0.5, 0.6) is 0 Å². The predicted molar refractivity (Wildman–Crippen MR) is 584 cm³/mol. The fourth-order valence-electron chi connectivity index (χ4n) is 20.6. The van der Waals surface area contributed by atoms with E-state index < -0.39 is 0 Å². The van der Waals surface area contributed by atoms with Crippen molar-refractivity contribution in [1.82, 2.24) is 54.8 Å². The van der Waals surface area contributed by atoms with Crippen LogP contribution in [0.4, 0.5) is 0 Å². The van der Waals surface area contributed by atoms with Gasteiger partial charge >= 0.3 is 0 Å². The van der Waals surface area contributed by atoms with E-state index in [1.165, 1.54) is 126 Å². The van der Waals surface area contributed by atoms with Crippen LogP contribution in [-0.2, 0) is 0 Å². The van der Waals surface area contributed by atoms with Gasteiger partial charge in [0.15, 0.2) is 17.5 Å². The van der Waals surface area contributed by atoms with Gasteiger partial charge in [-0.15, -0.1) is 0 Å². The number of pyridine rings is 6. The summed E-state index contributed by atoms with van der Waals surface area (Å²) in [6.45, 7) is 0. The molecule has 142 heavy (non-hydrogen) atoms. The first-order chi connectivity index (χ1) is 70.5. The van der Waals surface area contributed by atoms with Crippen molar-refractivity contribution in [3.63, 3.8) is 0 Å². The van der Waals surface area contributed by atoms with E-state index in [9.17, 15) is 0 Å². The minimum absolute atomic E-state index is 0.659. The summed E-state index contributed by atoms with van der Waals surface area (Å²) in [7, 11) is 0.